The van der Waals surface area contributed by atoms with Crippen molar-refractivity contribution in [1.82, 2.24) is 10.2 Å². The Morgan fingerprint density at radius 2 is 1.89 bits per heavy atom. The number of amides is 3. The third kappa shape index (κ3) is 5.87. The lowest BCUT2D eigenvalue weighted by Gasteiger charge is -2.20. The second kappa shape index (κ2) is 7.38. The van der Waals surface area contributed by atoms with Crippen molar-refractivity contribution in [3.05, 3.63) is 29.8 Å². The van der Waals surface area contributed by atoms with Crippen LogP contribution < -0.4 is 16.8 Å². The summed E-state index contributed by atoms with van der Waals surface area (Å²) in [5.41, 5.74) is 12.3. The Balaban J connectivity index is 2.59. The van der Waals surface area contributed by atoms with Gasteiger partial charge in [0.15, 0.2) is 0 Å². The van der Waals surface area contributed by atoms with Crippen LogP contribution >= 0.6 is 0 Å². The van der Waals surface area contributed by atoms with Gasteiger partial charge >= 0.3 is 6.03 Å². The van der Waals surface area contributed by atoms with E-state index < -0.39 is 11.9 Å². The fourth-order valence-corrected chi connectivity index (χ4v) is 1.79. The molecule has 0 saturated heterocycles. The predicted molar refractivity (Wildman–Crippen MR) is 74.1 cm³/mol. The summed E-state index contributed by atoms with van der Waals surface area (Å²) >= 11 is 0. The Morgan fingerprint density at radius 1 is 1.26 bits per heavy atom. The number of nitrogens with one attached hydrogen (secondary N) is 1. The molecule has 1 rings (SSSR count). The normalized spacial score (nSPS) is 10.4. The molecule has 0 bridgehead atoms. The lowest BCUT2D eigenvalue weighted by molar-refractivity contribution is -0.121. The first-order valence-electron chi connectivity index (χ1n) is 6.17. The largest absolute Gasteiger partial charge is 0.399 e. The van der Waals surface area contributed by atoms with E-state index in [9.17, 15) is 9.59 Å². The average Bonchev–Trinajstić information content (AvgIpc) is 2.31. The van der Waals surface area contributed by atoms with Crippen molar-refractivity contribution in [2.75, 3.05) is 18.8 Å². The number of primary amides is 1. The number of hydrogen-bond acceptors (Lipinski definition) is 4. The van der Waals surface area contributed by atoms with Crippen molar-refractivity contribution < 1.29 is 9.59 Å². The summed E-state index contributed by atoms with van der Waals surface area (Å²) in [7, 11) is 0. The molecular weight excluding hydrogens is 244 g/mol. The van der Waals surface area contributed by atoms with Gasteiger partial charge < -0.3 is 11.5 Å². The predicted octanol–water partition coefficient (Wildman–Crippen LogP) is 0.676. The molecule has 0 aliphatic heterocycles. The number of nitrogens with two attached hydrogens (primary N) is 2. The highest BCUT2D eigenvalue weighted by Gasteiger charge is 2.11. The van der Waals surface area contributed by atoms with Crippen LogP contribution in [0.15, 0.2) is 24.3 Å². The number of urea groups is 1. The van der Waals surface area contributed by atoms with E-state index in [4.69, 9.17) is 11.5 Å². The van der Waals surface area contributed by atoms with Crippen LogP contribution in [0.3, 0.4) is 0 Å². The first-order valence-corrected chi connectivity index (χ1v) is 6.17. The molecule has 104 valence electrons. The van der Waals surface area contributed by atoms with Gasteiger partial charge in [0.1, 0.15) is 0 Å². The van der Waals surface area contributed by atoms with Gasteiger partial charge in [0.2, 0.25) is 5.91 Å². The van der Waals surface area contributed by atoms with Gasteiger partial charge in [0.25, 0.3) is 0 Å². The smallest absolute Gasteiger partial charge is 0.318 e. The average molecular weight is 264 g/mol. The van der Waals surface area contributed by atoms with Crippen LogP contribution in [-0.4, -0.2) is 29.9 Å². The molecule has 6 heteroatoms. The SMILES string of the molecule is CCCN(CC(=O)NC(N)=O)Cc1ccc(N)cc1. The number of benzene rings is 1. The van der Waals surface area contributed by atoms with E-state index in [1.165, 1.54) is 0 Å². The third-order valence-corrected chi connectivity index (χ3v) is 2.56. The van der Waals surface area contributed by atoms with E-state index in [1.807, 2.05) is 36.1 Å². The van der Waals surface area contributed by atoms with Crippen molar-refractivity contribution in [3.63, 3.8) is 0 Å². The number of anilines is 1. The van der Waals surface area contributed by atoms with Gasteiger partial charge in [-0.25, -0.2) is 4.79 Å². The standard InChI is InChI=1S/C13H20N4O2/c1-2-7-17(9-12(18)16-13(15)19)8-10-3-5-11(14)6-4-10/h3-6H,2,7-9,14H2,1H3,(H3,15,16,18,19). The molecule has 1 aromatic carbocycles. The van der Waals surface area contributed by atoms with Crippen molar-refractivity contribution in [1.29, 1.82) is 0 Å². The highest BCUT2D eigenvalue weighted by atomic mass is 16.2. The molecule has 0 aliphatic rings. The molecule has 0 radical (unpaired) electrons. The molecule has 3 amide bonds. The Bertz CT molecular complexity index is 431. The number of carbonyl (C=O) groups is 2. The molecule has 1 aromatic rings. The zero-order valence-corrected chi connectivity index (χ0v) is 11.1. The van der Waals surface area contributed by atoms with E-state index in [1.54, 1.807) is 0 Å². The van der Waals surface area contributed by atoms with Crippen LogP contribution in [0.1, 0.15) is 18.9 Å². The van der Waals surface area contributed by atoms with Gasteiger partial charge in [0.05, 0.1) is 6.54 Å². The Morgan fingerprint density at radius 3 is 2.42 bits per heavy atom. The lowest BCUT2D eigenvalue weighted by Crippen LogP contribution is -2.42. The number of carbonyl (C=O) groups excluding carboxylic acids is 2. The monoisotopic (exact) mass is 264 g/mol. The summed E-state index contributed by atoms with van der Waals surface area (Å²) in [6, 6.07) is 6.66. The molecule has 0 fully saturated rings. The van der Waals surface area contributed by atoms with E-state index in [0.29, 0.717) is 12.2 Å². The number of rotatable bonds is 6. The summed E-state index contributed by atoms with van der Waals surface area (Å²) in [5.74, 6) is -0.392. The van der Waals surface area contributed by atoms with E-state index >= 15 is 0 Å². The fourth-order valence-electron chi connectivity index (χ4n) is 1.79. The highest BCUT2D eigenvalue weighted by Crippen LogP contribution is 2.08. The molecule has 19 heavy (non-hydrogen) atoms. The zero-order valence-electron chi connectivity index (χ0n) is 11.1. The first kappa shape index (κ1) is 15.0. The molecule has 0 aliphatic carbocycles. The summed E-state index contributed by atoms with van der Waals surface area (Å²) in [6.07, 6.45) is 0.915. The van der Waals surface area contributed by atoms with E-state index in [2.05, 4.69) is 5.32 Å². The minimum Gasteiger partial charge on any atom is -0.399 e. The highest BCUT2D eigenvalue weighted by molar-refractivity contribution is 5.94. The second-order valence-corrected chi connectivity index (χ2v) is 4.36. The molecule has 0 unspecified atom stereocenters. The van der Waals surface area contributed by atoms with E-state index in [-0.39, 0.29) is 6.54 Å². The fraction of sp³-hybridized carbons (Fsp3) is 0.385. The molecule has 0 heterocycles. The van der Waals surface area contributed by atoms with Crippen molar-refractivity contribution in [3.8, 4) is 0 Å². The molecule has 0 spiro atoms. The summed E-state index contributed by atoms with van der Waals surface area (Å²) in [6.45, 7) is 3.56. The lowest BCUT2D eigenvalue weighted by atomic mass is 10.2. The maximum atomic E-state index is 11.5. The summed E-state index contributed by atoms with van der Waals surface area (Å²) in [5, 5.41) is 2.06. The molecule has 5 N–H and O–H groups in total. The van der Waals surface area contributed by atoms with Gasteiger partial charge in [-0.2, -0.15) is 0 Å². The molecule has 6 nitrogen and oxygen atoms in total. The summed E-state index contributed by atoms with van der Waals surface area (Å²) in [4.78, 5) is 24.1. The zero-order chi connectivity index (χ0) is 14.3. The minimum atomic E-state index is -0.825. The molecule has 0 aromatic heterocycles. The second-order valence-electron chi connectivity index (χ2n) is 4.36. The Labute approximate surface area is 112 Å². The molecular formula is C13H20N4O2. The number of nitrogens with zero attached hydrogens (tertiary/aromatic N) is 1. The number of imide groups is 1. The van der Waals surface area contributed by atoms with Crippen LogP contribution in [0.25, 0.3) is 0 Å². The van der Waals surface area contributed by atoms with Gasteiger partial charge in [-0.3, -0.25) is 15.0 Å². The van der Waals surface area contributed by atoms with Crippen molar-refractivity contribution in [2.45, 2.75) is 19.9 Å². The van der Waals surface area contributed by atoms with Crippen molar-refractivity contribution >= 4 is 17.6 Å². The quantitative estimate of drug-likeness (QED) is 0.657. The molecule has 0 saturated carbocycles. The van der Waals surface area contributed by atoms with Gasteiger partial charge in [-0.1, -0.05) is 19.1 Å². The van der Waals surface area contributed by atoms with Crippen molar-refractivity contribution in [2.24, 2.45) is 5.73 Å². The van der Waals surface area contributed by atoms with Gasteiger partial charge in [-0.05, 0) is 30.7 Å². The Kier molecular flexibility index (Phi) is 5.81. The van der Waals surface area contributed by atoms with Crippen LogP contribution in [0.5, 0.6) is 0 Å². The number of nitrogen functional groups attached to an aromatic ring is 1. The van der Waals surface area contributed by atoms with Gasteiger partial charge in [-0.15, -0.1) is 0 Å². The maximum absolute atomic E-state index is 11.5. The van der Waals surface area contributed by atoms with Crippen LogP contribution in [0.4, 0.5) is 10.5 Å². The van der Waals surface area contributed by atoms with Crippen LogP contribution in [-0.2, 0) is 11.3 Å². The topological polar surface area (TPSA) is 101 Å². The maximum Gasteiger partial charge on any atom is 0.318 e. The van der Waals surface area contributed by atoms with Crippen LogP contribution in [0.2, 0.25) is 0 Å². The van der Waals surface area contributed by atoms with E-state index in [0.717, 1.165) is 18.5 Å². The Hall–Kier alpha value is -2.08. The van der Waals surface area contributed by atoms with Crippen LogP contribution in [0, 0.1) is 0 Å². The van der Waals surface area contributed by atoms with Gasteiger partial charge in [0, 0.05) is 12.2 Å². The summed E-state index contributed by atoms with van der Waals surface area (Å²) < 4.78 is 0. The number of hydrogen-bond donors (Lipinski definition) is 3. The first-order chi connectivity index (χ1) is 9.01. The molecule has 0 atom stereocenters. The third-order valence-electron chi connectivity index (χ3n) is 2.56. The minimum absolute atomic E-state index is 0.140.